The van der Waals surface area contributed by atoms with Gasteiger partial charge < -0.3 is 18.9 Å². The van der Waals surface area contributed by atoms with E-state index < -0.39 is 0 Å². The van der Waals surface area contributed by atoms with Crippen molar-refractivity contribution in [3.05, 3.63) is 82.9 Å². The summed E-state index contributed by atoms with van der Waals surface area (Å²) in [5.41, 5.74) is 2.54. The van der Waals surface area contributed by atoms with Gasteiger partial charge in [-0.3, -0.25) is 4.90 Å². The van der Waals surface area contributed by atoms with E-state index in [9.17, 15) is 0 Å². The van der Waals surface area contributed by atoms with Crippen LogP contribution in [0.4, 0.5) is 0 Å². The van der Waals surface area contributed by atoms with E-state index in [1.165, 1.54) is 11.1 Å². The molecule has 0 N–H and O–H groups in total. The van der Waals surface area contributed by atoms with Crippen LogP contribution < -0.4 is 18.9 Å². The summed E-state index contributed by atoms with van der Waals surface area (Å²) in [6, 6.07) is 21.9. The molecule has 3 aromatic rings. The lowest BCUT2D eigenvalue weighted by Crippen LogP contribution is -2.39. The second kappa shape index (κ2) is 13.5. The fourth-order valence-corrected chi connectivity index (χ4v) is 4.50. The van der Waals surface area contributed by atoms with Gasteiger partial charge in [-0.2, -0.15) is 0 Å². The van der Waals surface area contributed by atoms with Gasteiger partial charge in [-0.05, 0) is 85.5 Å². The monoisotopic (exact) mass is 517 g/mol. The summed E-state index contributed by atoms with van der Waals surface area (Å²) in [7, 11) is 3.36. The van der Waals surface area contributed by atoms with Crippen LogP contribution in [-0.4, -0.2) is 45.4 Å². The zero-order valence-corrected chi connectivity index (χ0v) is 21.8. The molecular formula is C28H33Cl2NO4. The molecule has 0 radical (unpaired) electrons. The van der Waals surface area contributed by atoms with Crippen molar-refractivity contribution in [2.24, 2.45) is 0 Å². The number of benzene rings is 3. The SMILES string of the molecule is COc1cc2c(cc1OC)C(COc1ccccc1)N(CCCCOc1ccc(Cl)cc1)CC2.Cl. The molecule has 0 amide bonds. The topological polar surface area (TPSA) is 40.2 Å². The van der Waals surface area contributed by atoms with Gasteiger partial charge in [0.05, 0.1) is 26.9 Å². The van der Waals surface area contributed by atoms with E-state index in [0.29, 0.717) is 13.2 Å². The lowest BCUT2D eigenvalue weighted by Gasteiger charge is -2.37. The third-order valence-corrected chi connectivity index (χ3v) is 6.44. The van der Waals surface area contributed by atoms with E-state index in [-0.39, 0.29) is 18.4 Å². The fraction of sp³-hybridized carbons (Fsp3) is 0.357. The first-order valence-electron chi connectivity index (χ1n) is 11.7. The van der Waals surface area contributed by atoms with Gasteiger partial charge in [-0.15, -0.1) is 12.4 Å². The van der Waals surface area contributed by atoms with Gasteiger partial charge in [0, 0.05) is 11.6 Å². The Labute approximate surface area is 219 Å². The number of halogens is 2. The minimum atomic E-state index is 0. The predicted octanol–water partition coefficient (Wildman–Crippen LogP) is 6.62. The highest BCUT2D eigenvalue weighted by Gasteiger charge is 2.29. The van der Waals surface area contributed by atoms with Crippen LogP contribution in [0.15, 0.2) is 66.7 Å². The highest BCUT2D eigenvalue weighted by Crippen LogP contribution is 2.38. The lowest BCUT2D eigenvalue weighted by atomic mass is 9.92. The molecule has 0 saturated heterocycles. The summed E-state index contributed by atoms with van der Waals surface area (Å²) < 4.78 is 23.2. The van der Waals surface area contributed by atoms with Crippen molar-refractivity contribution < 1.29 is 18.9 Å². The van der Waals surface area contributed by atoms with Crippen LogP contribution in [0.3, 0.4) is 0 Å². The average Bonchev–Trinajstić information content (AvgIpc) is 2.88. The third kappa shape index (κ3) is 7.20. The summed E-state index contributed by atoms with van der Waals surface area (Å²) in [6.07, 6.45) is 2.99. The maximum Gasteiger partial charge on any atom is 0.161 e. The quantitative estimate of drug-likeness (QED) is 0.267. The molecule has 0 spiro atoms. The zero-order valence-electron chi connectivity index (χ0n) is 20.2. The second-order valence-corrected chi connectivity index (χ2v) is 8.78. The summed E-state index contributed by atoms with van der Waals surface area (Å²) in [4.78, 5) is 2.51. The molecule has 5 nitrogen and oxygen atoms in total. The largest absolute Gasteiger partial charge is 0.494 e. The molecule has 0 bridgehead atoms. The van der Waals surface area contributed by atoms with Crippen LogP contribution in [0.1, 0.15) is 30.0 Å². The molecule has 1 atom stereocenters. The predicted molar refractivity (Wildman–Crippen MR) is 143 cm³/mol. The maximum atomic E-state index is 6.21. The van der Waals surface area contributed by atoms with E-state index >= 15 is 0 Å². The number of hydrogen-bond donors (Lipinski definition) is 0. The maximum absolute atomic E-state index is 6.21. The zero-order chi connectivity index (χ0) is 23.8. The summed E-state index contributed by atoms with van der Waals surface area (Å²) in [6.45, 7) is 3.21. The minimum Gasteiger partial charge on any atom is -0.494 e. The highest BCUT2D eigenvalue weighted by atomic mass is 35.5. The number of para-hydroxylation sites is 1. The van der Waals surface area contributed by atoms with E-state index in [0.717, 1.165) is 60.4 Å². The minimum absolute atomic E-state index is 0. The molecule has 1 aliphatic rings. The first kappa shape index (κ1) is 27.0. The number of rotatable bonds is 11. The smallest absolute Gasteiger partial charge is 0.161 e. The fourth-order valence-electron chi connectivity index (χ4n) is 4.37. The molecule has 0 aromatic heterocycles. The summed E-state index contributed by atoms with van der Waals surface area (Å²) in [5.74, 6) is 3.26. The van der Waals surface area contributed by atoms with Crippen LogP contribution in [0.25, 0.3) is 0 Å². The van der Waals surface area contributed by atoms with Crippen molar-refractivity contribution >= 4 is 24.0 Å². The van der Waals surface area contributed by atoms with Crippen molar-refractivity contribution in [1.29, 1.82) is 0 Å². The molecular weight excluding hydrogens is 485 g/mol. The summed E-state index contributed by atoms with van der Waals surface area (Å²) in [5, 5.41) is 0.718. The van der Waals surface area contributed by atoms with E-state index in [2.05, 4.69) is 17.0 Å². The Morgan fingerprint density at radius 1 is 0.857 bits per heavy atom. The standard InChI is InChI=1S/C28H32ClNO4.ClH/c1-31-27-18-21-14-16-30(15-6-7-17-33-24-12-10-22(29)11-13-24)26(25(21)19-28(27)32-2)20-34-23-8-4-3-5-9-23;/h3-5,8-13,18-19,26H,6-7,14-17,20H2,1-2H3;1H. The molecule has 7 heteroatoms. The van der Waals surface area contributed by atoms with Crippen molar-refractivity contribution in [3.8, 4) is 23.0 Å². The Morgan fingerprint density at radius 2 is 1.54 bits per heavy atom. The van der Waals surface area contributed by atoms with Crippen LogP contribution in [0.2, 0.25) is 5.02 Å². The molecule has 188 valence electrons. The van der Waals surface area contributed by atoms with Crippen molar-refractivity contribution in [1.82, 2.24) is 4.90 Å². The molecule has 1 aliphatic heterocycles. The average molecular weight is 518 g/mol. The molecule has 1 unspecified atom stereocenters. The van der Waals surface area contributed by atoms with Crippen LogP contribution in [-0.2, 0) is 6.42 Å². The van der Waals surface area contributed by atoms with Crippen LogP contribution in [0, 0.1) is 0 Å². The number of fused-ring (bicyclic) bond motifs is 1. The number of ether oxygens (including phenoxy) is 4. The van der Waals surface area contributed by atoms with E-state index in [4.69, 9.17) is 30.5 Å². The Kier molecular flexibility index (Phi) is 10.4. The number of methoxy groups -OCH3 is 2. The summed E-state index contributed by atoms with van der Waals surface area (Å²) >= 11 is 5.95. The van der Waals surface area contributed by atoms with Gasteiger partial charge in [0.25, 0.3) is 0 Å². The highest BCUT2D eigenvalue weighted by molar-refractivity contribution is 6.30. The molecule has 35 heavy (non-hydrogen) atoms. The van der Waals surface area contributed by atoms with Gasteiger partial charge in [0.1, 0.15) is 18.1 Å². The number of unbranched alkanes of at least 4 members (excludes halogenated alkanes) is 1. The molecule has 0 aliphatic carbocycles. The molecule has 0 saturated carbocycles. The van der Waals surface area contributed by atoms with Gasteiger partial charge in [0.2, 0.25) is 0 Å². The molecule has 4 rings (SSSR count). The molecule has 3 aromatic carbocycles. The van der Waals surface area contributed by atoms with Gasteiger partial charge in [-0.1, -0.05) is 29.8 Å². The van der Waals surface area contributed by atoms with Crippen LogP contribution in [0.5, 0.6) is 23.0 Å². The lowest BCUT2D eigenvalue weighted by molar-refractivity contribution is 0.121. The first-order chi connectivity index (χ1) is 16.7. The van der Waals surface area contributed by atoms with Gasteiger partial charge in [-0.25, -0.2) is 0 Å². The third-order valence-electron chi connectivity index (χ3n) is 6.19. The molecule has 0 fully saturated rings. The number of nitrogens with zero attached hydrogens (tertiary/aromatic N) is 1. The number of hydrogen-bond acceptors (Lipinski definition) is 5. The van der Waals surface area contributed by atoms with E-state index in [1.807, 2.05) is 54.6 Å². The van der Waals surface area contributed by atoms with Gasteiger partial charge >= 0.3 is 0 Å². The van der Waals surface area contributed by atoms with Crippen LogP contribution >= 0.6 is 24.0 Å². The Hall–Kier alpha value is -2.60. The normalized spacial score (nSPS) is 15.0. The Bertz CT molecular complexity index is 1050. The van der Waals surface area contributed by atoms with E-state index in [1.54, 1.807) is 14.2 Å². The van der Waals surface area contributed by atoms with Gasteiger partial charge in [0.15, 0.2) is 11.5 Å². The first-order valence-corrected chi connectivity index (χ1v) is 12.1. The second-order valence-electron chi connectivity index (χ2n) is 8.34. The Balaban J connectivity index is 0.00000342. The van der Waals surface area contributed by atoms with Crippen molar-refractivity contribution in [2.75, 3.05) is 40.5 Å². The van der Waals surface area contributed by atoms with Crippen molar-refractivity contribution in [2.45, 2.75) is 25.3 Å². The molecule has 1 heterocycles. The van der Waals surface area contributed by atoms with Crippen molar-refractivity contribution in [3.63, 3.8) is 0 Å². The Morgan fingerprint density at radius 3 is 2.26 bits per heavy atom.